The summed E-state index contributed by atoms with van der Waals surface area (Å²) >= 11 is -0.809. The number of benzene rings is 2. The van der Waals surface area contributed by atoms with Gasteiger partial charge >= 0.3 is 135 Å². The fourth-order valence-electron chi connectivity index (χ4n) is 1.78. The van der Waals surface area contributed by atoms with Gasteiger partial charge in [-0.2, -0.15) is 0 Å². The normalized spacial score (nSPS) is 11.5. The Bertz CT molecular complexity index is 667. The predicted octanol–water partition coefficient (Wildman–Crippen LogP) is 3.82. The van der Waals surface area contributed by atoms with Gasteiger partial charge in [0.15, 0.2) is 0 Å². The van der Waals surface area contributed by atoms with Gasteiger partial charge in [-0.15, -0.1) is 0 Å². The number of nitriles is 2. The molecule has 2 rings (SSSR count). The van der Waals surface area contributed by atoms with Crippen LogP contribution in [0.3, 0.4) is 0 Å². The van der Waals surface area contributed by atoms with E-state index in [0.29, 0.717) is 0 Å². The number of hydrogen-bond acceptors (Lipinski definition) is 2. The molecule has 0 aliphatic carbocycles. The van der Waals surface area contributed by atoms with E-state index in [9.17, 15) is 0 Å². The number of hydrogen-bond donors (Lipinski definition) is 0. The summed E-state index contributed by atoms with van der Waals surface area (Å²) in [4.78, 5) is 0. The van der Waals surface area contributed by atoms with Crippen LogP contribution in [0.1, 0.15) is 11.1 Å². The second-order valence-electron chi connectivity index (χ2n) is 4.11. The Kier molecular flexibility index (Phi) is 5.81. The van der Waals surface area contributed by atoms with Crippen molar-refractivity contribution < 1.29 is 0 Å². The standard InChI is InChI=1S/C18H12N2Te/c19-13-11-17(15-7-3-1-4-8-15)21-18(12-14-20)16-9-5-2-6-10-16/h1-12H. The van der Waals surface area contributed by atoms with Gasteiger partial charge in [0.1, 0.15) is 0 Å². The van der Waals surface area contributed by atoms with Crippen LogP contribution in [0.4, 0.5) is 0 Å². The van der Waals surface area contributed by atoms with Crippen molar-refractivity contribution in [3.8, 4) is 12.1 Å². The SMILES string of the molecule is N#CC=C([Te]C(=CC#N)c1ccccc1)c1ccccc1. The fraction of sp³-hybridized carbons (Fsp3) is 0. The van der Waals surface area contributed by atoms with E-state index in [4.69, 9.17) is 10.5 Å². The van der Waals surface area contributed by atoms with Crippen molar-refractivity contribution in [1.29, 1.82) is 10.5 Å². The molecule has 0 radical (unpaired) electrons. The van der Waals surface area contributed by atoms with Crippen molar-refractivity contribution in [3.05, 3.63) is 83.9 Å². The van der Waals surface area contributed by atoms with Crippen LogP contribution in [0.2, 0.25) is 0 Å². The Hall–Kier alpha value is -2.31. The quantitative estimate of drug-likeness (QED) is 0.595. The third-order valence-corrected chi connectivity index (χ3v) is 6.00. The van der Waals surface area contributed by atoms with E-state index in [2.05, 4.69) is 12.1 Å². The minimum absolute atomic E-state index is 0.809. The summed E-state index contributed by atoms with van der Waals surface area (Å²) in [6.45, 7) is 0. The molecular weight excluding hydrogens is 372 g/mol. The zero-order valence-corrected chi connectivity index (χ0v) is 13.6. The van der Waals surface area contributed by atoms with Crippen LogP contribution in [0.25, 0.3) is 7.24 Å². The van der Waals surface area contributed by atoms with Gasteiger partial charge in [-0.3, -0.25) is 0 Å². The number of rotatable bonds is 4. The van der Waals surface area contributed by atoms with E-state index in [-0.39, 0.29) is 0 Å². The molecule has 0 aliphatic rings. The zero-order valence-electron chi connectivity index (χ0n) is 11.2. The van der Waals surface area contributed by atoms with Crippen molar-refractivity contribution in [2.45, 2.75) is 0 Å². The van der Waals surface area contributed by atoms with Gasteiger partial charge in [0.05, 0.1) is 0 Å². The van der Waals surface area contributed by atoms with E-state index >= 15 is 0 Å². The molecule has 0 atom stereocenters. The molecule has 0 saturated carbocycles. The summed E-state index contributed by atoms with van der Waals surface area (Å²) in [6.07, 6.45) is 3.21. The van der Waals surface area contributed by atoms with Gasteiger partial charge in [0.2, 0.25) is 0 Å². The second kappa shape index (κ2) is 8.08. The Morgan fingerprint density at radius 2 is 1.10 bits per heavy atom. The van der Waals surface area contributed by atoms with Crippen molar-refractivity contribution in [1.82, 2.24) is 0 Å². The predicted molar refractivity (Wildman–Crippen MR) is 85.8 cm³/mol. The van der Waals surface area contributed by atoms with Crippen LogP contribution in [-0.2, 0) is 0 Å². The monoisotopic (exact) mass is 386 g/mol. The van der Waals surface area contributed by atoms with Crippen molar-refractivity contribution in [3.63, 3.8) is 0 Å². The summed E-state index contributed by atoms with van der Waals surface area (Å²) in [5, 5.41) is 18.0. The van der Waals surface area contributed by atoms with Gasteiger partial charge in [-0.1, -0.05) is 0 Å². The van der Waals surface area contributed by atoms with Gasteiger partial charge in [0, 0.05) is 0 Å². The van der Waals surface area contributed by atoms with E-state index in [0.717, 1.165) is 18.4 Å². The molecule has 0 unspecified atom stereocenters. The third kappa shape index (κ3) is 4.34. The minimum atomic E-state index is -0.809. The van der Waals surface area contributed by atoms with Crippen molar-refractivity contribution >= 4 is 28.2 Å². The fourth-order valence-corrected chi connectivity index (χ4v) is 4.55. The van der Waals surface area contributed by atoms with Crippen molar-refractivity contribution in [2.24, 2.45) is 0 Å². The molecule has 2 aromatic carbocycles. The summed E-state index contributed by atoms with van der Waals surface area (Å²) in [7, 11) is 0. The first-order chi connectivity index (χ1) is 10.3. The molecule has 0 saturated heterocycles. The Balaban J connectivity index is 2.36. The molecule has 0 fully saturated rings. The molecule has 0 bridgehead atoms. The van der Waals surface area contributed by atoms with Crippen LogP contribution in [-0.4, -0.2) is 20.9 Å². The molecule has 0 aromatic heterocycles. The van der Waals surface area contributed by atoms with E-state index < -0.39 is 20.9 Å². The van der Waals surface area contributed by atoms with Gasteiger partial charge in [-0.05, 0) is 0 Å². The van der Waals surface area contributed by atoms with Crippen LogP contribution < -0.4 is 0 Å². The average Bonchev–Trinajstić information content (AvgIpc) is 2.55. The van der Waals surface area contributed by atoms with Gasteiger partial charge in [0.25, 0.3) is 0 Å². The van der Waals surface area contributed by atoms with Crippen LogP contribution in [0.15, 0.2) is 72.8 Å². The van der Waals surface area contributed by atoms with Crippen LogP contribution in [0.5, 0.6) is 0 Å². The maximum absolute atomic E-state index is 9.02. The first-order valence-electron chi connectivity index (χ1n) is 6.33. The van der Waals surface area contributed by atoms with E-state index in [1.807, 2.05) is 60.7 Å². The molecule has 100 valence electrons. The van der Waals surface area contributed by atoms with E-state index in [1.165, 1.54) is 0 Å². The molecule has 3 heteroatoms. The van der Waals surface area contributed by atoms with Crippen molar-refractivity contribution in [2.75, 3.05) is 0 Å². The van der Waals surface area contributed by atoms with Gasteiger partial charge in [-0.25, -0.2) is 0 Å². The topological polar surface area (TPSA) is 47.6 Å². The van der Waals surface area contributed by atoms with Crippen LogP contribution in [0, 0.1) is 22.7 Å². The summed E-state index contributed by atoms with van der Waals surface area (Å²) in [5.41, 5.74) is 2.11. The number of nitrogens with zero attached hydrogens (tertiary/aromatic N) is 2. The number of allylic oxidation sites excluding steroid dienone is 2. The molecule has 0 amide bonds. The maximum atomic E-state index is 9.02. The molecule has 0 aliphatic heterocycles. The van der Waals surface area contributed by atoms with Gasteiger partial charge < -0.3 is 0 Å². The molecule has 0 spiro atoms. The Labute approximate surface area is 134 Å². The Morgan fingerprint density at radius 1 is 0.714 bits per heavy atom. The molecule has 2 nitrogen and oxygen atoms in total. The zero-order chi connectivity index (χ0) is 14.9. The molecule has 0 heterocycles. The second-order valence-corrected chi connectivity index (χ2v) is 7.20. The first kappa shape index (κ1) is 15.1. The Morgan fingerprint density at radius 3 is 1.43 bits per heavy atom. The van der Waals surface area contributed by atoms with Crippen LogP contribution >= 0.6 is 0 Å². The first-order valence-corrected chi connectivity index (χ1v) is 8.66. The molecule has 21 heavy (non-hydrogen) atoms. The summed E-state index contributed by atoms with van der Waals surface area (Å²) in [5.74, 6) is 0. The molecular formula is C18H12N2Te. The molecule has 2 aromatic rings. The third-order valence-electron chi connectivity index (χ3n) is 2.73. The summed E-state index contributed by atoms with van der Waals surface area (Å²) in [6, 6.07) is 24.0. The summed E-state index contributed by atoms with van der Waals surface area (Å²) < 4.78 is 2.07. The average molecular weight is 384 g/mol. The molecule has 0 N–H and O–H groups in total. The van der Waals surface area contributed by atoms with E-state index in [1.54, 1.807) is 12.2 Å².